The SMILES string of the molecule is C=C(CCc1ccccc1)CC(CC)Cc1ccccc1. The monoisotopic (exact) mass is 278 g/mol. The lowest BCUT2D eigenvalue weighted by molar-refractivity contribution is 0.495. The highest BCUT2D eigenvalue weighted by Gasteiger charge is 2.09. The zero-order valence-electron chi connectivity index (χ0n) is 13.1. The smallest absolute Gasteiger partial charge is 0.0242 e. The first-order valence-corrected chi connectivity index (χ1v) is 8.02. The summed E-state index contributed by atoms with van der Waals surface area (Å²) in [6.07, 6.45) is 5.76. The molecule has 2 aromatic carbocycles. The molecule has 0 fully saturated rings. The lowest BCUT2D eigenvalue weighted by Gasteiger charge is -2.16. The van der Waals surface area contributed by atoms with Gasteiger partial charge in [0, 0.05) is 0 Å². The summed E-state index contributed by atoms with van der Waals surface area (Å²) in [5.74, 6) is 0.718. The molecule has 2 rings (SSSR count). The summed E-state index contributed by atoms with van der Waals surface area (Å²) in [6, 6.07) is 21.5. The average Bonchev–Trinajstić information content (AvgIpc) is 2.54. The van der Waals surface area contributed by atoms with Crippen LogP contribution in [0.4, 0.5) is 0 Å². The number of benzene rings is 2. The largest absolute Gasteiger partial charge is 0.0998 e. The predicted octanol–water partition coefficient (Wildman–Crippen LogP) is 5.83. The van der Waals surface area contributed by atoms with Gasteiger partial charge in [-0.25, -0.2) is 0 Å². The van der Waals surface area contributed by atoms with E-state index in [1.165, 1.54) is 29.5 Å². The molecule has 21 heavy (non-hydrogen) atoms. The maximum atomic E-state index is 4.30. The highest BCUT2D eigenvalue weighted by molar-refractivity contribution is 5.17. The molecule has 0 radical (unpaired) electrons. The fraction of sp³-hybridized carbons (Fsp3) is 0.333. The Morgan fingerprint density at radius 3 is 2.05 bits per heavy atom. The molecule has 2 aromatic rings. The van der Waals surface area contributed by atoms with Gasteiger partial charge in [-0.2, -0.15) is 0 Å². The fourth-order valence-corrected chi connectivity index (χ4v) is 2.78. The molecule has 0 nitrogen and oxygen atoms in total. The topological polar surface area (TPSA) is 0 Å². The van der Waals surface area contributed by atoms with E-state index in [0.717, 1.165) is 25.2 Å². The van der Waals surface area contributed by atoms with E-state index in [-0.39, 0.29) is 0 Å². The van der Waals surface area contributed by atoms with Gasteiger partial charge >= 0.3 is 0 Å². The summed E-state index contributed by atoms with van der Waals surface area (Å²) in [6.45, 7) is 6.59. The van der Waals surface area contributed by atoms with Gasteiger partial charge in [0.25, 0.3) is 0 Å². The summed E-state index contributed by atoms with van der Waals surface area (Å²) in [5, 5.41) is 0. The van der Waals surface area contributed by atoms with Crippen LogP contribution in [0.25, 0.3) is 0 Å². The standard InChI is InChI=1S/C21H26/c1-3-19(17-21-12-8-5-9-13-21)16-18(2)14-15-20-10-6-4-7-11-20/h4-13,19H,2-3,14-17H2,1H3. The summed E-state index contributed by atoms with van der Waals surface area (Å²) < 4.78 is 0. The molecule has 0 bridgehead atoms. The van der Waals surface area contributed by atoms with Crippen molar-refractivity contribution >= 4 is 0 Å². The van der Waals surface area contributed by atoms with E-state index < -0.39 is 0 Å². The van der Waals surface area contributed by atoms with Crippen molar-refractivity contribution in [3.05, 3.63) is 83.9 Å². The minimum Gasteiger partial charge on any atom is -0.0998 e. The van der Waals surface area contributed by atoms with Crippen LogP contribution in [0.15, 0.2) is 72.8 Å². The van der Waals surface area contributed by atoms with Crippen LogP contribution in [-0.2, 0) is 12.8 Å². The minimum absolute atomic E-state index is 0.718. The molecule has 0 heterocycles. The Morgan fingerprint density at radius 1 is 0.905 bits per heavy atom. The van der Waals surface area contributed by atoms with Gasteiger partial charge < -0.3 is 0 Å². The summed E-state index contributed by atoms with van der Waals surface area (Å²) in [7, 11) is 0. The van der Waals surface area contributed by atoms with Gasteiger partial charge in [0.15, 0.2) is 0 Å². The molecule has 1 unspecified atom stereocenters. The lowest BCUT2D eigenvalue weighted by Crippen LogP contribution is -2.05. The van der Waals surface area contributed by atoms with Gasteiger partial charge in [-0.05, 0) is 42.7 Å². The third-order valence-electron chi connectivity index (χ3n) is 4.13. The average molecular weight is 278 g/mol. The summed E-state index contributed by atoms with van der Waals surface area (Å²) in [5.41, 5.74) is 4.25. The Balaban J connectivity index is 1.80. The lowest BCUT2D eigenvalue weighted by atomic mass is 9.89. The molecule has 0 spiro atoms. The number of rotatable bonds is 8. The molecule has 0 saturated heterocycles. The van der Waals surface area contributed by atoms with Crippen molar-refractivity contribution in [2.45, 2.75) is 39.0 Å². The van der Waals surface area contributed by atoms with E-state index >= 15 is 0 Å². The summed E-state index contributed by atoms with van der Waals surface area (Å²) in [4.78, 5) is 0. The number of hydrogen-bond acceptors (Lipinski definition) is 0. The predicted molar refractivity (Wildman–Crippen MR) is 92.4 cm³/mol. The van der Waals surface area contributed by atoms with Crippen molar-refractivity contribution < 1.29 is 0 Å². The van der Waals surface area contributed by atoms with Crippen LogP contribution in [0.3, 0.4) is 0 Å². The van der Waals surface area contributed by atoms with Crippen LogP contribution in [0, 0.1) is 5.92 Å². The molecule has 0 aliphatic carbocycles. The molecular weight excluding hydrogens is 252 g/mol. The molecule has 0 amide bonds. The van der Waals surface area contributed by atoms with Gasteiger partial charge in [-0.3, -0.25) is 0 Å². The zero-order valence-corrected chi connectivity index (χ0v) is 13.1. The van der Waals surface area contributed by atoms with Crippen LogP contribution in [0.5, 0.6) is 0 Å². The molecule has 0 saturated carbocycles. The van der Waals surface area contributed by atoms with Gasteiger partial charge in [0.2, 0.25) is 0 Å². The van der Waals surface area contributed by atoms with Crippen molar-refractivity contribution in [2.75, 3.05) is 0 Å². The molecule has 0 aliphatic rings. The van der Waals surface area contributed by atoms with E-state index in [4.69, 9.17) is 0 Å². The van der Waals surface area contributed by atoms with Crippen LogP contribution in [0.1, 0.15) is 37.3 Å². The molecule has 110 valence electrons. The third kappa shape index (κ3) is 5.59. The fourth-order valence-electron chi connectivity index (χ4n) is 2.78. The van der Waals surface area contributed by atoms with Gasteiger partial charge in [0.05, 0.1) is 0 Å². The quantitative estimate of drug-likeness (QED) is 0.532. The molecule has 1 atom stereocenters. The van der Waals surface area contributed by atoms with E-state index in [1.807, 2.05) is 0 Å². The molecule has 0 aromatic heterocycles. The van der Waals surface area contributed by atoms with Crippen LogP contribution >= 0.6 is 0 Å². The highest BCUT2D eigenvalue weighted by Crippen LogP contribution is 2.22. The first kappa shape index (κ1) is 15.6. The molecule has 0 aliphatic heterocycles. The van der Waals surface area contributed by atoms with E-state index in [9.17, 15) is 0 Å². The maximum Gasteiger partial charge on any atom is -0.0242 e. The minimum atomic E-state index is 0.718. The van der Waals surface area contributed by atoms with Crippen LogP contribution in [0.2, 0.25) is 0 Å². The molecular formula is C21H26. The zero-order chi connectivity index (χ0) is 14.9. The van der Waals surface area contributed by atoms with E-state index in [2.05, 4.69) is 74.2 Å². The third-order valence-corrected chi connectivity index (χ3v) is 4.13. The maximum absolute atomic E-state index is 4.30. The van der Waals surface area contributed by atoms with Gasteiger partial charge in [0.1, 0.15) is 0 Å². The van der Waals surface area contributed by atoms with Crippen molar-refractivity contribution in [1.82, 2.24) is 0 Å². The first-order valence-electron chi connectivity index (χ1n) is 8.02. The van der Waals surface area contributed by atoms with E-state index in [0.29, 0.717) is 0 Å². The Kier molecular flexibility index (Phi) is 6.27. The second-order valence-electron chi connectivity index (χ2n) is 5.90. The Hall–Kier alpha value is -1.82. The number of aryl methyl sites for hydroxylation is 1. The van der Waals surface area contributed by atoms with Crippen molar-refractivity contribution in [2.24, 2.45) is 5.92 Å². The number of hydrogen-bond donors (Lipinski definition) is 0. The Labute approximate surface area is 129 Å². The second kappa shape index (κ2) is 8.46. The van der Waals surface area contributed by atoms with Crippen LogP contribution < -0.4 is 0 Å². The normalized spacial score (nSPS) is 12.0. The number of allylic oxidation sites excluding steroid dienone is 1. The molecule has 0 heteroatoms. The van der Waals surface area contributed by atoms with Crippen molar-refractivity contribution in [3.63, 3.8) is 0 Å². The van der Waals surface area contributed by atoms with Crippen LogP contribution in [-0.4, -0.2) is 0 Å². The van der Waals surface area contributed by atoms with Gasteiger partial charge in [-0.1, -0.05) is 86.2 Å². The Bertz CT molecular complexity index is 524. The van der Waals surface area contributed by atoms with Crippen molar-refractivity contribution in [1.29, 1.82) is 0 Å². The van der Waals surface area contributed by atoms with Gasteiger partial charge in [-0.15, -0.1) is 0 Å². The first-order chi connectivity index (χ1) is 10.3. The van der Waals surface area contributed by atoms with Crippen molar-refractivity contribution in [3.8, 4) is 0 Å². The summed E-state index contributed by atoms with van der Waals surface area (Å²) >= 11 is 0. The Morgan fingerprint density at radius 2 is 1.48 bits per heavy atom. The van der Waals surface area contributed by atoms with E-state index in [1.54, 1.807) is 0 Å². The highest BCUT2D eigenvalue weighted by atomic mass is 14.1. The molecule has 0 N–H and O–H groups in total. The second-order valence-corrected chi connectivity index (χ2v) is 5.90.